The van der Waals surface area contributed by atoms with Gasteiger partial charge in [0.15, 0.2) is 10.3 Å². The zero-order chi connectivity index (χ0) is 12.8. The van der Waals surface area contributed by atoms with Crippen LogP contribution in [0.1, 0.15) is 23.7 Å². The van der Waals surface area contributed by atoms with Crippen LogP contribution in [0.2, 0.25) is 10.3 Å². The lowest BCUT2D eigenvalue weighted by atomic mass is 10.2. The van der Waals surface area contributed by atoms with Crippen molar-refractivity contribution in [3.8, 4) is 0 Å². The maximum Gasteiger partial charge on any atom is 0.257 e. The van der Waals surface area contributed by atoms with Crippen molar-refractivity contribution in [2.24, 2.45) is 0 Å². The molecule has 0 atom stereocenters. The molecule has 7 heteroatoms. The third-order valence-corrected chi connectivity index (χ3v) is 2.67. The summed E-state index contributed by atoms with van der Waals surface area (Å²) in [5.74, 6) is -0.261. The number of carbonyl (C=O) groups excluding carboxylic acids is 1. The molecule has 1 heterocycles. The molecule has 17 heavy (non-hydrogen) atoms. The molecule has 1 amide bonds. The molecule has 0 spiro atoms. The number of aliphatic hydroxyl groups excluding tert-OH is 1. The van der Waals surface area contributed by atoms with Crippen LogP contribution in [-0.2, 0) is 0 Å². The van der Waals surface area contributed by atoms with Crippen molar-refractivity contribution in [1.29, 1.82) is 0 Å². The maximum atomic E-state index is 12.1. The van der Waals surface area contributed by atoms with Crippen LogP contribution in [0.3, 0.4) is 0 Å². The van der Waals surface area contributed by atoms with Crippen LogP contribution < -0.4 is 0 Å². The van der Waals surface area contributed by atoms with Gasteiger partial charge < -0.3 is 10.0 Å². The van der Waals surface area contributed by atoms with Gasteiger partial charge in [-0.3, -0.25) is 4.79 Å². The molecule has 1 aromatic rings. The van der Waals surface area contributed by atoms with E-state index >= 15 is 0 Å². The van der Waals surface area contributed by atoms with Gasteiger partial charge in [-0.15, -0.1) is 10.2 Å². The van der Waals surface area contributed by atoms with Crippen LogP contribution in [0.5, 0.6) is 0 Å². The Bertz CT molecular complexity index is 401. The SMILES string of the molecule is CCN(CCCO)C(=O)c1cc(Cl)nnc1Cl. The fourth-order valence-electron chi connectivity index (χ4n) is 1.34. The Hall–Kier alpha value is -0.910. The molecule has 0 aliphatic rings. The number of nitrogens with zero attached hydrogens (tertiary/aromatic N) is 3. The van der Waals surface area contributed by atoms with E-state index in [0.29, 0.717) is 19.5 Å². The summed E-state index contributed by atoms with van der Waals surface area (Å²) >= 11 is 11.5. The minimum atomic E-state index is -0.261. The van der Waals surface area contributed by atoms with Gasteiger partial charge in [0.1, 0.15) is 0 Å². The predicted octanol–water partition coefficient (Wildman–Crippen LogP) is 1.63. The van der Waals surface area contributed by atoms with Crippen molar-refractivity contribution in [2.75, 3.05) is 19.7 Å². The third-order valence-electron chi connectivity index (χ3n) is 2.20. The van der Waals surface area contributed by atoms with Gasteiger partial charge in [-0.05, 0) is 19.4 Å². The number of aromatic nitrogens is 2. The highest BCUT2D eigenvalue weighted by atomic mass is 35.5. The van der Waals surface area contributed by atoms with Crippen molar-refractivity contribution >= 4 is 29.1 Å². The number of hydrogen-bond acceptors (Lipinski definition) is 4. The van der Waals surface area contributed by atoms with Gasteiger partial charge in [0.05, 0.1) is 5.56 Å². The van der Waals surface area contributed by atoms with Crippen LogP contribution in [0, 0.1) is 0 Å². The van der Waals surface area contributed by atoms with Gasteiger partial charge in [-0.2, -0.15) is 0 Å². The average Bonchev–Trinajstić information content (AvgIpc) is 2.33. The number of carbonyl (C=O) groups is 1. The standard InChI is InChI=1S/C10H13Cl2N3O2/c1-2-15(4-3-5-16)10(17)7-6-8(11)13-14-9(7)12/h6,16H,2-5H2,1H3. The topological polar surface area (TPSA) is 66.3 Å². The second-order valence-corrected chi connectivity index (χ2v) is 4.08. The molecular formula is C10H13Cl2N3O2. The first-order chi connectivity index (χ1) is 8.10. The van der Waals surface area contributed by atoms with Crippen molar-refractivity contribution in [3.05, 3.63) is 21.9 Å². The fraction of sp³-hybridized carbons (Fsp3) is 0.500. The molecule has 0 aliphatic heterocycles. The highest BCUT2D eigenvalue weighted by Gasteiger charge is 2.18. The lowest BCUT2D eigenvalue weighted by Crippen LogP contribution is -2.32. The fourth-order valence-corrected chi connectivity index (χ4v) is 1.66. The van der Waals surface area contributed by atoms with Crippen molar-refractivity contribution in [1.82, 2.24) is 15.1 Å². The van der Waals surface area contributed by atoms with Gasteiger partial charge in [0, 0.05) is 19.7 Å². The predicted molar refractivity (Wildman–Crippen MR) is 65.3 cm³/mol. The summed E-state index contributed by atoms with van der Waals surface area (Å²) < 4.78 is 0. The minimum Gasteiger partial charge on any atom is -0.396 e. The highest BCUT2D eigenvalue weighted by Crippen LogP contribution is 2.17. The molecule has 0 unspecified atom stereocenters. The second kappa shape index (κ2) is 6.74. The number of halogens is 2. The van der Waals surface area contributed by atoms with E-state index in [2.05, 4.69) is 10.2 Å². The molecule has 1 rings (SSSR count). The number of aliphatic hydroxyl groups is 1. The Morgan fingerprint density at radius 1 is 1.47 bits per heavy atom. The molecular weight excluding hydrogens is 265 g/mol. The third kappa shape index (κ3) is 3.80. The van der Waals surface area contributed by atoms with Crippen molar-refractivity contribution < 1.29 is 9.90 Å². The summed E-state index contributed by atoms with van der Waals surface area (Å²) in [5, 5.41) is 16.0. The summed E-state index contributed by atoms with van der Waals surface area (Å²) in [5.41, 5.74) is 0.228. The van der Waals surface area contributed by atoms with Gasteiger partial charge >= 0.3 is 0 Å². The molecule has 0 aromatic carbocycles. The first-order valence-electron chi connectivity index (χ1n) is 5.19. The Morgan fingerprint density at radius 3 is 2.76 bits per heavy atom. The Labute approximate surface area is 109 Å². The summed E-state index contributed by atoms with van der Waals surface area (Å²) in [4.78, 5) is 13.7. The number of amides is 1. The molecule has 0 radical (unpaired) electrons. The Morgan fingerprint density at radius 2 is 2.18 bits per heavy atom. The summed E-state index contributed by atoms with van der Waals surface area (Å²) in [6, 6.07) is 1.39. The summed E-state index contributed by atoms with van der Waals surface area (Å²) in [6.45, 7) is 2.86. The Balaban J connectivity index is 2.89. The van der Waals surface area contributed by atoms with Crippen molar-refractivity contribution in [2.45, 2.75) is 13.3 Å². The summed E-state index contributed by atoms with van der Waals surface area (Å²) in [7, 11) is 0. The van der Waals surface area contributed by atoms with E-state index < -0.39 is 0 Å². The van der Waals surface area contributed by atoms with Gasteiger partial charge in [-0.1, -0.05) is 23.2 Å². The van der Waals surface area contributed by atoms with E-state index in [-0.39, 0.29) is 28.4 Å². The van der Waals surface area contributed by atoms with Crippen LogP contribution in [-0.4, -0.2) is 45.8 Å². The molecule has 0 aliphatic carbocycles. The molecule has 5 nitrogen and oxygen atoms in total. The quantitative estimate of drug-likeness (QED) is 0.889. The monoisotopic (exact) mass is 277 g/mol. The van der Waals surface area contributed by atoms with Crippen LogP contribution in [0.15, 0.2) is 6.07 Å². The van der Waals surface area contributed by atoms with Gasteiger partial charge in [0.2, 0.25) is 0 Å². The second-order valence-electron chi connectivity index (χ2n) is 3.33. The van der Waals surface area contributed by atoms with Crippen LogP contribution in [0.4, 0.5) is 0 Å². The van der Waals surface area contributed by atoms with Gasteiger partial charge in [-0.25, -0.2) is 0 Å². The molecule has 0 bridgehead atoms. The maximum absolute atomic E-state index is 12.1. The largest absolute Gasteiger partial charge is 0.396 e. The van der Waals surface area contributed by atoms with Crippen LogP contribution >= 0.6 is 23.2 Å². The van der Waals surface area contributed by atoms with Crippen LogP contribution in [0.25, 0.3) is 0 Å². The zero-order valence-corrected chi connectivity index (χ0v) is 10.9. The highest BCUT2D eigenvalue weighted by molar-refractivity contribution is 6.34. The van der Waals surface area contributed by atoms with E-state index in [1.807, 2.05) is 6.92 Å². The number of hydrogen-bond donors (Lipinski definition) is 1. The Kier molecular flexibility index (Phi) is 5.61. The molecule has 94 valence electrons. The zero-order valence-electron chi connectivity index (χ0n) is 9.36. The number of rotatable bonds is 5. The molecule has 1 aromatic heterocycles. The van der Waals surface area contributed by atoms with E-state index in [1.165, 1.54) is 6.07 Å². The minimum absolute atomic E-state index is 0.0295. The van der Waals surface area contributed by atoms with Crippen molar-refractivity contribution in [3.63, 3.8) is 0 Å². The molecule has 0 saturated heterocycles. The smallest absolute Gasteiger partial charge is 0.257 e. The lowest BCUT2D eigenvalue weighted by molar-refractivity contribution is 0.0754. The van der Waals surface area contributed by atoms with E-state index in [1.54, 1.807) is 4.90 Å². The average molecular weight is 278 g/mol. The van der Waals surface area contributed by atoms with Gasteiger partial charge in [0.25, 0.3) is 5.91 Å². The lowest BCUT2D eigenvalue weighted by Gasteiger charge is -2.20. The van der Waals surface area contributed by atoms with E-state index in [0.717, 1.165) is 0 Å². The van der Waals surface area contributed by atoms with E-state index in [9.17, 15) is 4.79 Å². The normalized spacial score (nSPS) is 10.4. The first-order valence-corrected chi connectivity index (χ1v) is 5.94. The van der Waals surface area contributed by atoms with E-state index in [4.69, 9.17) is 28.3 Å². The molecule has 0 fully saturated rings. The molecule has 1 N–H and O–H groups in total. The first kappa shape index (κ1) is 14.2. The summed E-state index contributed by atoms with van der Waals surface area (Å²) in [6.07, 6.45) is 0.517. The molecule has 0 saturated carbocycles.